The molecule has 0 fully saturated rings. The van der Waals surface area contributed by atoms with Crippen molar-refractivity contribution in [3.05, 3.63) is 29.1 Å². The maximum atomic E-state index is 14.1. The van der Waals surface area contributed by atoms with Crippen molar-refractivity contribution in [2.24, 2.45) is 4.99 Å². The third-order valence-electron chi connectivity index (χ3n) is 3.57. The Morgan fingerprint density at radius 3 is 3.25 bits per heavy atom. The molecule has 5 nitrogen and oxygen atoms in total. The molecule has 108 valence electrons. The molecule has 0 radical (unpaired) electrons. The Morgan fingerprint density at radius 1 is 1.50 bits per heavy atom. The Labute approximate surface area is 116 Å². The normalized spacial score (nSPS) is 20.5. The first-order valence-electron chi connectivity index (χ1n) is 6.75. The average molecular weight is 280 g/mol. The summed E-state index contributed by atoms with van der Waals surface area (Å²) in [5.41, 5.74) is 4.46. The van der Waals surface area contributed by atoms with E-state index in [1.807, 2.05) is 6.07 Å². The molecule has 2 N–H and O–H groups in total. The second-order valence-electron chi connectivity index (χ2n) is 4.94. The molecule has 6 heteroatoms. The number of aliphatic imine (C=N–C) groups is 1. The fourth-order valence-electron chi connectivity index (χ4n) is 2.58. The number of hydroxylamine groups is 1. The lowest BCUT2D eigenvalue weighted by Crippen LogP contribution is -2.24. The minimum Gasteiger partial charge on any atom is -0.493 e. The van der Waals surface area contributed by atoms with Gasteiger partial charge in [-0.25, -0.2) is 4.39 Å². The first-order valence-corrected chi connectivity index (χ1v) is 6.75. The molecule has 1 atom stereocenters. The summed E-state index contributed by atoms with van der Waals surface area (Å²) < 4.78 is 19.5. The molecule has 20 heavy (non-hydrogen) atoms. The van der Waals surface area contributed by atoms with E-state index in [1.165, 1.54) is 6.07 Å². The number of rotatable bonds is 4. The van der Waals surface area contributed by atoms with Crippen LogP contribution in [0.1, 0.15) is 23.5 Å². The van der Waals surface area contributed by atoms with Gasteiger partial charge in [0.05, 0.1) is 19.8 Å². The van der Waals surface area contributed by atoms with Gasteiger partial charge in [-0.05, 0) is 17.2 Å². The van der Waals surface area contributed by atoms with Gasteiger partial charge in [-0.15, -0.1) is 0 Å². The van der Waals surface area contributed by atoms with Crippen molar-refractivity contribution in [3.8, 4) is 5.75 Å². The summed E-state index contributed by atoms with van der Waals surface area (Å²) in [5.74, 6) is 1.15. The molecule has 0 amide bonds. The number of nitrogens with one attached hydrogen (secondary N) is 1. The highest BCUT2D eigenvalue weighted by Gasteiger charge is 2.26. The lowest BCUT2D eigenvalue weighted by molar-refractivity contribution is 0.0525. The number of hydrogen-bond acceptors (Lipinski definition) is 5. The number of hydrogen-bond donors (Lipinski definition) is 2. The first kappa shape index (κ1) is 13.3. The molecule has 0 aliphatic carbocycles. The Balaban J connectivity index is 1.67. The topological polar surface area (TPSA) is 63.1 Å². The largest absolute Gasteiger partial charge is 0.493 e. The Hall–Kier alpha value is -1.66. The standard InChI is InChI=1S/C14H17FN2O3/c15-12-7-13-9(1-3-19-13)5-11(12)10-6-14(16-8-10)17-20-4-2-18/h5,7,10,18H,1-4,6,8H2,(H,16,17)/t10-/m0/s1. The zero-order valence-electron chi connectivity index (χ0n) is 11.1. The number of amidine groups is 1. The number of halogens is 1. The van der Waals surface area contributed by atoms with Gasteiger partial charge in [-0.2, -0.15) is 0 Å². The Bertz CT molecular complexity index is 533. The van der Waals surface area contributed by atoms with Crippen LogP contribution in [0.3, 0.4) is 0 Å². The minimum atomic E-state index is -0.233. The average Bonchev–Trinajstić information content (AvgIpc) is 3.06. The van der Waals surface area contributed by atoms with Gasteiger partial charge in [0.1, 0.15) is 17.4 Å². The van der Waals surface area contributed by atoms with Crippen molar-refractivity contribution in [2.45, 2.75) is 18.8 Å². The molecule has 0 saturated carbocycles. The molecule has 0 aromatic heterocycles. The predicted molar refractivity (Wildman–Crippen MR) is 71.4 cm³/mol. The van der Waals surface area contributed by atoms with E-state index in [9.17, 15) is 4.39 Å². The van der Waals surface area contributed by atoms with Crippen LogP contribution in [0.5, 0.6) is 5.75 Å². The van der Waals surface area contributed by atoms with Crippen LogP contribution in [0.2, 0.25) is 0 Å². The van der Waals surface area contributed by atoms with Crippen molar-refractivity contribution in [1.82, 2.24) is 5.48 Å². The summed E-state index contributed by atoms with van der Waals surface area (Å²) in [7, 11) is 0. The van der Waals surface area contributed by atoms with Crippen LogP contribution in [0.25, 0.3) is 0 Å². The fourth-order valence-corrected chi connectivity index (χ4v) is 2.58. The maximum absolute atomic E-state index is 14.1. The van der Waals surface area contributed by atoms with Crippen LogP contribution in [-0.2, 0) is 11.3 Å². The maximum Gasteiger partial charge on any atom is 0.130 e. The monoisotopic (exact) mass is 280 g/mol. The van der Waals surface area contributed by atoms with Crippen molar-refractivity contribution < 1.29 is 19.1 Å². The molecule has 2 aliphatic heterocycles. The van der Waals surface area contributed by atoms with Crippen LogP contribution in [-0.4, -0.2) is 37.3 Å². The molecular formula is C14H17FN2O3. The van der Waals surface area contributed by atoms with Gasteiger partial charge >= 0.3 is 0 Å². The van der Waals surface area contributed by atoms with Crippen molar-refractivity contribution in [3.63, 3.8) is 0 Å². The van der Waals surface area contributed by atoms with Crippen LogP contribution in [0.4, 0.5) is 4.39 Å². The second kappa shape index (κ2) is 5.76. The number of aliphatic hydroxyl groups is 1. The highest BCUT2D eigenvalue weighted by Crippen LogP contribution is 2.34. The fraction of sp³-hybridized carbons (Fsp3) is 0.500. The van der Waals surface area contributed by atoms with E-state index in [0.29, 0.717) is 36.7 Å². The molecule has 1 aromatic rings. The molecular weight excluding hydrogens is 263 g/mol. The number of ether oxygens (including phenoxy) is 1. The zero-order valence-corrected chi connectivity index (χ0v) is 11.1. The summed E-state index contributed by atoms with van der Waals surface area (Å²) in [4.78, 5) is 9.31. The number of fused-ring (bicyclic) bond motifs is 1. The van der Waals surface area contributed by atoms with Gasteiger partial charge in [0, 0.05) is 31.4 Å². The molecule has 1 aromatic carbocycles. The van der Waals surface area contributed by atoms with Crippen molar-refractivity contribution in [2.75, 3.05) is 26.4 Å². The quantitative estimate of drug-likeness (QED) is 0.642. The number of nitrogens with zero attached hydrogens (tertiary/aromatic N) is 1. The van der Waals surface area contributed by atoms with Crippen LogP contribution in [0, 0.1) is 5.82 Å². The van der Waals surface area contributed by atoms with Crippen LogP contribution < -0.4 is 10.2 Å². The van der Waals surface area contributed by atoms with Gasteiger partial charge < -0.3 is 9.84 Å². The molecule has 0 bridgehead atoms. The molecule has 0 unspecified atom stereocenters. The Kier molecular flexibility index (Phi) is 3.84. The van der Waals surface area contributed by atoms with E-state index < -0.39 is 0 Å². The summed E-state index contributed by atoms with van der Waals surface area (Å²) in [5, 5.41) is 8.63. The minimum absolute atomic E-state index is 0.0288. The molecule has 2 aliphatic rings. The smallest absolute Gasteiger partial charge is 0.130 e. The SMILES string of the molecule is OCCONC1=NC[C@@H](c2cc3c(cc2F)OCC3)C1. The first-order chi connectivity index (χ1) is 9.78. The van der Waals surface area contributed by atoms with E-state index in [2.05, 4.69) is 10.5 Å². The van der Waals surface area contributed by atoms with Gasteiger partial charge in [0.15, 0.2) is 0 Å². The highest BCUT2D eigenvalue weighted by molar-refractivity contribution is 5.83. The van der Waals surface area contributed by atoms with E-state index in [0.717, 1.165) is 12.0 Å². The van der Waals surface area contributed by atoms with Gasteiger partial charge in [0.2, 0.25) is 0 Å². The lowest BCUT2D eigenvalue weighted by atomic mass is 9.94. The summed E-state index contributed by atoms with van der Waals surface area (Å²) in [6.45, 7) is 1.32. The van der Waals surface area contributed by atoms with Crippen molar-refractivity contribution >= 4 is 5.84 Å². The molecule has 0 spiro atoms. The predicted octanol–water partition coefficient (Wildman–Crippen LogP) is 1.16. The third kappa shape index (κ3) is 2.62. The Morgan fingerprint density at radius 2 is 2.40 bits per heavy atom. The summed E-state index contributed by atoms with van der Waals surface area (Å²) in [6, 6.07) is 3.38. The van der Waals surface area contributed by atoms with E-state index >= 15 is 0 Å². The van der Waals surface area contributed by atoms with Gasteiger partial charge in [-0.3, -0.25) is 15.3 Å². The number of aliphatic hydroxyl groups excluding tert-OH is 1. The van der Waals surface area contributed by atoms with E-state index in [1.54, 1.807) is 0 Å². The van der Waals surface area contributed by atoms with Crippen LogP contribution >= 0.6 is 0 Å². The molecule has 3 rings (SSSR count). The van der Waals surface area contributed by atoms with Crippen molar-refractivity contribution in [1.29, 1.82) is 0 Å². The molecule has 2 heterocycles. The van der Waals surface area contributed by atoms with Gasteiger partial charge in [-0.1, -0.05) is 0 Å². The summed E-state index contributed by atoms with van der Waals surface area (Å²) in [6.07, 6.45) is 1.45. The van der Waals surface area contributed by atoms with Gasteiger partial charge in [0.25, 0.3) is 0 Å². The highest BCUT2D eigenvalue weighted by atomic mass is 19.1. The third-order valence-corrected chi connectivity index (χ3v) is 3.57. The second-order valence-corrected chi connectivity index (χ2v) is 4.94. The zero-order chi connectivity index (χ0) is 13.9. The number of benzene rings is 1. The lowest BCUT2D eigenvalue weighted by Gasteiger charge is -2.12. The van der Waals surface area contributed by atoms with E-state index in [4.69, 9.17) is 14.7 Å². The van der Waals surface area contributed by atoms with Crippen LogP contribution in [0.15, 0.2) is 17.1 Å². The molecule has 0 saturated heterocycles. The summed E-state index contributed by atoms with van der Waals surface area (Å²) >= 11 is 0. The van der Waals surface area contributed by atoms with E-state index in [-0.39, 0.29) is 24.9 Å².